The Morgan fingerprint density at radius 1 is 0.636 bits per heavy atom. The molecule has 44 heavy (non-hydrogen) atoms. The summed E-state index contributed by atoms with van der Waals surface area (Å²) in [5.41, 5.74) is 1.01. The zero-order valence-corrected chi connectivity index (χ0v) is 28.0. The zero-order chi connectivity index (χ0) is 31.3. The van der Waals surface area contributed by atoms with Crippen LogP contribution in [0.25, 0.3) is 0 Å². The van der Waals surface area contributed by atoms with Crippen LogP contribution in [-0.4, -0.2) is 25.2 Å². The lowest BCUT2D eigenvalue weighted by Gasteiger charge is -2.28. The van der Waals surface area contributed by atoms with Gasteiger partial charge in [-0.3, -0.25) is 4.79 Å². The molecule has 0 radical (unpaired) electrons. The maximum absolute atomic E-state index is 14.3. The quantitative estimate of drug-likeness (QED) is 0.0873. The summed E-state index contributed by atoms with van der Waals surface area (Å²) in [4.78, 5) is 14.6. The van der Waals surface area contributed by atoms with E-state index in [0.717, 1.165) is 40.7 Å². The summed E-state index contributed by atoms with van der Waals surface area (Å²) < 4.78 is 28.1. The molecule has 1 unspecified atom stereocenters. The second-order valence-electron chi connectivity index (χ2n) is 11.8. The third kappa shape index (κ3) is 8.71. The number of benzene rings is 4. The number of rotatable bonds is 17. The number of ketones is 1. The van der Waals surface area contributed by atoms with Crippen molar-refractivity contribution in [3.05, 3.63) is 121 Å². The minimum atomic E-state index is -3.70. The van der Waals surface area contributed by atoms with Gasteiger partial charge < -0.3 is 0 Å². The average molecular weight is 627 g/mol. The molecule has 0 amide bonds. The lowest BCUT2D eigenvalue weighted by molar-refractivity contribution is -0.112. The highest BCUT2D eigenvalue weighted by Crippen LogP contribution is 2.44. The number of unbranched alkanes of at least 4 members (excludes halogenated alkanes) is 7. The molecule has 3 nitrogen and oxygen atoms in total. The zero-order valence-electron chi connectivity index (χ0n) is 26.3. The van der Waals surface area contributed by atoms with Crippen LogP contribution < -0.4 is 15.9 Å². The number of sulfone groups is 1. The third-order valence-electron chi connectivity index (χ3n) is 8.42. The summed E-state index contributed by atoms with van der Waals surface area (Å²) in [5, 5.41) is 2.46. The summed E-state index contributed by atoms with van der Waals surface area (Å²) in [5.74, 6) is 1.77. The largest absolute Gasteiger partial charge is 0.295 e. The van der Waals surface area contributed by atoms with E-state index < -0.39 is 22.0 Å². The van der Waals surface area contributed by atoms with Gasteiger partial charge in [0.25, 0.3) is 0 Å². The Morgan fingerprint density at radius 2 is 1.07 bits per heavy atom. The summed E-state index contributed by atoms with van der Waals surface area (Å²) in [6, 6.07) is 37.7. The van der Waals surface area contributed by atoms with Crippen LogP contribution in [-0.2, 0) is 14.6 Å². The van der Waals surface area contributed by atoms with Crippen LogP contribution in [0.4, 0.5) is 0 Å². The predicted octanol–water partition coefficient (Wildman–Crippen LogP) is 8.42. The van der Waals surface area contributed by atoms with Crippen molar-refractivity contribution < 1.29 is 13.2 Å². The number of hydrogen-bond donors (Lipinski definition) is 0. The molecule has 4 rings (SSSR count). The van der Waals surface area contributed by atoms with Crippen molar-refractivity contribution in [1.82, 2.24) is 0 Å². The Hall–Kier alpha value is -3.20. The topological polar surface area (TPSA) is 51.2 Å². The van der Waals surface area contributed by atoms with Crippen LogP contribution in [0, 0.1) is 6.92 Å². The minimum Gasteiger partial charge on any atom is -0.295 e. The lowest BCUT2D eigenvalue weighted by atomic mass is 10.0. The lowest BCUT2D eigenvalue weighted by Crippen LogP contribution is -2.30. The fourth-order valence-electron chi connectivity index (χ4n) is 5.95. The van der Waals surface area contributed by atoms with E-state index in [1.54, 1.807) is 12.1 Å². The van der Waals surface area contributed by atoms with E-state index in [0.29, 0.717) is 11.3 Å². The van der Waals surface area contributed by atoms with E-state index in [9.17, 15) is 13.2 Å². The SMILES string of the molecule is CCCCCCCCCCC(CC(=O)C=P(c1ccccc1)(c1ccccc1)c1ccccc1)S(=O)(=O)c1ccc(C)cc1. The van der Waals surface area contributed by atoms with E-state index in [1.807, 2.05) is 79.5 Å². The standard InChI is InChI=1S/C39H47O3PS/c1-3-4-5-6-7-8-9-19-26-39(44(41,42)38-29-27-33(2)28-30-38)31-34(40)32-43(35-20-13-10-14-21-35,36-22-15-11-16-23-36)37-24-17-12-18-25-37/h10-18,20-25,27-30,32,39H,3-9,19,26,31H2,1-2H3. The second-order valence-corrected chi connectivity index (χ2v) is 17.3. The second kappa shape index (κ2) is 16.8. The van der Waals surface area contributed by atoms with E-state index >= 15 is 0 Å². The Bertz CT molecular complexity index is 1490. The monoisotopic (exact) mass is 626 g/mol. The molecular weight excluding hydrogens is 579 g/mol. The van der Waals surface area contributed by atoms with Gasteiger partial charge in [-0.15, -0.1) is 0 Å². The van der Waals surface area contributed by atoms with Gasteiger partial charge in [0.1, 0.15) is 0 Å². The molecule has 0 bridgehead atoms. The van der Waals surface area contributed by atoms with Crippen LogP contribution in [0.5, 0.6) is 0 Å². The molecule has 0 N–H and O–H groups in total. The summed E-state index contributed by atoms with van der Waals surface area (Å²) in [6.45, 7) is 1.66. The van der Waals surface area contributed by atoms with Crippen molar-refractivity contribution in [2.75, 3.05) is 0 Å². The molecule has 0 saturated carbocycles. The van der Waals surface area contributed by atoms with Gasteiger partial charge in [0, 0.05) is 6.42 Å². The first-order chi connectivity index (χ1) is 21.4. The Labute approximate surface area is 265 Å². The van der Waals surface area contributed by atoms with Gasteiger partial charge in [0.2, 0.25) is 0 Å². The van der Waals surface area contributed by atoms with Gasteiger partial charge in [0.15, 0.2) is 15.6 Å². The Kier molecular flexibility index (Phi) is 12.8. The van der Waals surface area contributed by atoms with Crippen LogP contribution in [0.1, 0.15) is 76.7 Å². The van der Waals surface area contributed by atoms with Crippen molar-refractivity contribution in [3.8, 4) is 0 Å². The van der Waals surface area contributed by atoms with Gasteiger partial charge >= 0.3 is 0 Å². The molecule has 0 aromatic heterocycles. The Morgan fingerprint density at radius 3 is 1.52 bits per heavy atom. The summed E-state index contributed by atoms with van der Waals surface area (Å²) >= 11 is 0. The average Bonchev–Trinajstić information content (AvgIpc) is 3.05. The third-order valence-corrected chi connectivity index (χ3v) is 14.6. The molecule has 0 heterocycles. The predicted molar refractivity (Wildman–Crippen MR) is 190 cm³/mol. The highest BCUT2D eigenvalue weighted by atomic mass is 32.2. The maximum atomic E-state index is 14.3. The van der Waals surface area contributed by atoms with Crippen molar-refractivity contribution in [3.63, 3.8) is 0 Å². The molecule has 5 heteroatoms. The van der Waals surface area contributed by atoms with Gasteiger partial charge in [-0.2, -0.15) is 0 Å². The molecule has 0 aliphatic rings. The molecule has 0 aliphatic heterocycles. The Balaban J connectivity index is 1.71. The van der Waals surface area contributed by atoms with Crippen LogP contribution >= 0.6 is 6.89 Å². The van der Waals surface area contributed by atoms with Crippen molar-refractivity contribution in [2.45, 2.75) is 88.2 Å². The van der Waals surface area contributed by atoms with Gasteiger partial charge in [-0.25, -0.2) is 8.42 Å². The smallest absolute Gasteiger partial charge is 0.181 e. The molecule has 0 fully saturated rings. The normalized spacial score (nSPS) is 12.5. The highest BCUT2D eigenvalue weighted by molar-refractivity contribution is 7.95. The first-order valence-electron chi connectivity index (χ1n) is 16.1. The van der Waals surface area contributed by atoms with Gasteiger partial charge in [-0.05, 0) is 54.1 Å². The fourth-order valence-corrected chi connectivity index (χ4v) is 11.5. The number of carbonyl (C=O) groups is 1. The summed E-state index contributed by atoms with van der Waals surface area (Å²) in [7, 11) is -3.70. The number of aryl methyl sites for hydroxylation is 1. The van der Waals surface area contributed by atoms with Crippen LogP contribution in [0.3, 0.4) is 0 Å². The molecule has 4 aromatic carbocycles. The van der Waals surface area contributed by atoms with Gasteiger partial charge in [-0.1, -0.05) is 167 Å². The first-order valence-corrected chi connectivity index (χ1v) is 19.5. The minimum absolute atomic E-state index is 0.0268. The fraction of sp³-hybridized carbons (Fsp3) is 0.333. The molecule has 0 saturated heterocycles. The molecule has 0 aliphatic carbocycles. The molecule has 1 atom stereocenters. The van der Waals surface area contributed by atoms with Crippen LogP contribution in [0.2, 0.25) is 0 Å². The maximum Gasteiger partial charge on any atom is 0.181 e. The first kappa shape index (κ1) is 33.7. The number of Topliss-reactive ketones (excluding diaryl/α,β-unsaturated/α-hetero) is 1. The van der Waals surface area contributed by atoms with Gasteiger partial charge in [0.05, 0.1) is 10.1 Å². The molecule has 232 valence electrons. The van der Waals surface area contributed by atoms with Crippen LogP contribution in [0.15, 0.2) is 120 Å². The molecular formula is C39H47O3PS. The van der Waals surface area contributed by atoms with Crippen molar-refractivity contribution in [1.29, 1.82) is 0 Å². The summed E-state index contributed by atoms with van der Waals surface area (Å²) in [6.07, 6.45) is 9.52. The van der Waals surface area contributed by atoms with E-state index in [2.05, 4.69) is 43.3 Å². The van der Waals surface area contributed by atoms with E-state index in [1.165, 1.54) is 32.1 Å². The number of carbonyl (C=O) groups excluding carboxylic acids is 1. The molecule has 0 spiro atoms. The van der Waals surface area contributed by atoms with E-state index in [-0.39, 0.29) is 12.2 Å². The number of hydrogen-bond acceptors (Lipinski definition) is 3. The molecule has 4 aromatic rings. The van der Waals surface area contributed by atoms with Crippen molar-refractivity contribution in [2.24, 2.45) is 0 Å². The van der Waals surface area contributed by atoms with E-state index in [4.69, 9.17) is 0 Å². The van der Waals surface area contributed by atoms with Crippen molar-refractivity contribution >= 4 is 44.2 Å². The highest BCUT2D eigenvalue weighted by Gasteiger charge is 2.31.